The average Bonchev–Trinajstić information content (AvgIpc) is 3.33. The molecule has 35 heavy (non-hydrogen) atoms. The van der Waals surface area contributed by atoms with Crippen molar-refractivity contribution in [2.45, 2.75) is 0 Å². The molecule has 2 heterocycles. The van der Waals surface area contributed by atoms with Gasteiger partial charge in [0, 0.05) is 27.5 Å². The maximum Gasteiger partial charge on any atom is 0.164 e. The summed E-state index contributed by atoms with van der Waals surface area (Å²) in [6.45, 7) is 0. The Kier molecular flexibility index (Phi) is 4.42. The summed E-state index contributed by atoms with van der Waals surface area (Å²) in [4.78, 5) is 14.7. The Balaban J connectivity index is 1.52. The molecule has 4 heteroatoms. The number of hydrogen-bond acceptors (Lipinski definition) is 4. The van der Waals surface area contributed by atoms with Gasteiger partial charge < -0.3 is 4.42 Å². The first-order chi connectivity index (χ1) is 17.3. The van der Waals surface area contributed by atoms with Crippen LogP contribution < -0.4 is 0 Å². The molecule has 2 aromatic heterocycles. The van der Waals surface area contributed by atoms with Crippen LogP contribution in [0.1, 0.15) is 0 Å². The number of benzene rings is 5. The second-order valence-electron chi connectivity index (χ2n) is 8.48. The highest BCUT2D eigenvalue weighted by atomic mass is 16.3. The van der Waals surface area contributed by atoms with Crippen LogP contribution in [0.4, 0.5) is 0 Å². The van der Waals surface area contributed by atoms with Gasteiger partial charge in [-0.25, -0.2) is 15.0 Å². The lowest BCUT2D eigenvalue weighted by Gasteiger charge is -2.10. The molecular formula is C31H19N3O. The molecule has 164 valence electrons. The molecule has 0 N–H and O–H groups in total. The van der Waals surface area contributed by atoms with Crippen LogP contribution in [0, 0.1) is 0 Å². The van der Waals surface area contributed by atoms with Gasteiger partial charge in [0.25, 0.3) is 0 Å². The van der Waals surface area contributed by atoms with E-state index in [9.17, 15) is 0 Å². The first-order valence-corrected chi connectivity index (χ1v) is 11.6. The van der Waals surface area contributed by atoms with Crippen molar-refractivity contribution >= 4 is 32.7 Å². The van der Waals surface area contributed by atoms with Crippen molar-refractivity contribution in [3.8, 4) is 34.2 Å². The topological polar surface area (TPSA) is 51.8 Å². The van der Waals surface area contributed by atoms with Crippen LogP contribution in [0.25, 0.3) is 66.9 Å². The summed E-state index contributed by atoms with van der Waals surface area (Å²) in [6, 6.07) is 38.7. The fraction of sp³-hybridized carbons (Fsp3) is 0. The Labute approximate surface area is 201 Å². The Morgan fingerprint density at radius 3 is 1.71 bits per heavy atom. The van der Waals surface area contributed by atoms with Gasteiger partial charge in [-0.3, -0.25) is 0 Å². The molecule has 7 rings (SSSR count). The quantitative estimate of drug-likeness (QED) is 0.275. The molecule has 0 unspecified atom stereocenters. The summed E-state index contributed by atoms with van der Waals surface area (Å²) in [5, 5.41) is 4.42. The summed E-state index contributed by atoms with van der Waals surface area (Å²) in [7, 11) is 0. The van der Waals surface area contributed by atoms with Gasteiger partial charge >= 0.3 is 0 Å². The number of aromatic nitrogens is 3. The maximum atomic E-state index is 6.12. The number of hydrogen-bond donors (Lipinski definition) is 0. The second-order valence-corrected chi connectivity index (χ2v) is 8.48. The van der Waals surface area contributed by atoms with Crippen molar-refractivity contribution in [3.63, 3.8) is 0 Å². The lowest BCUT2D eigenvalue weighted by molar-refractivity contribution is 0.669. The molecule has 0 aliphatic rings. The molecule has 0 fully saturated rings. The van der Waals surface area contributed by atoms with Crippen LogP contribution in [0.15, 0.2) is 120 Å². The summed E-state index contributed by atoms with van der Waals surface area (Å²) >= 11 is 0. The van der Waals surface area contributed by atoms with Crippen LogP contribution in [0.5, 0.6) is 0 Å². The van der Waals surface area contributed by atoms with E-state index in [4.69, 9.17) is 19.4 Å². The first-order valence-electron chi connectivity index (χ1n) is 11.6. The molecule has 0 aliphatic heterocycles. The lowest BCUT2D eigenvalue weighted by Crippen LogP contribution is -2.00. The highest BCUT2D eigenvalue weighted by molar-refractivity contribution is 6.20. The van der Waals surface area contributed by atoms with E-state index in [-0.39, 0.29) is 0 Å². The van der Waals surface area contributed by atoms with Crippen molar-refractivity contribution in [1.29, 1.82) is 0 Å². The van der Waals surface area contributed by atoms with E-state index in [1.54, 1.807) is 0 Å². The number of nitrogens with zero attached hydrogens (tertiary/aromatic N) is 3. The van der Waals surface area contributed by atoms with Gasteiger partial charge in [0.2, 0.25) is 0 Å². The van der Waals surface area contributed by atoms with Crippen LogP contribution in [0.2, 0.25) is 0 Å². The minimum Gasteiger partial charge on any atom is -0.456 e. The fourth-order valence-corrected chi connectivity index (χ4v) is 4.71. The van der Waals surface area contributed by atoms with Crippen LogP contribution in [-0.2, 0) is 0 Å². The standard InChI is InChI=1S/C31H19N3O/c1-3-10-20(11-4-1)29-32-30(21-12-5-2-6-13-21)34-31(33-29)24-16-9-15-23-22(24)18-19-27-28(23)25-14-7-8-17-26(25)35-27/h1-19H. The van der Waals surface area contributed by atoms with E-state index < -0.39 is 0 Å². The molecular weight excluding hydrogens is 430 g/mol. The molecule has 0 aliphatic carbocycles. The van der Waals surface area contributed by atoms with E-state index >= 15 is 0 Å². The Morgan fingerprint density at radius 1 is 0.400 bits per heavy atom. The molecule has 0 spiro atoms. The van der Waals surface area contributed by atoms with Gasteiger partial charge in [-0.05, 0) is 29.0 Å². The highest BCUT2D eigenvalue weighted by Gasteiger charge is 2.16. The summed E-state index contributed by atoms with van der Waals surface area (Å²) in [5.41, 5.74) is 4.64. The van der Waals surface area contributed by atoms with Gasteiger partial charge in [-0.1, -0.05) is 97.1 Å². The van der Waals surface area contributed by atoms with Crippen molar-refractivity contribution < 1.29 is 4.42 Å². The van der Waals surface area contributed by atoms with Crippen molar-refractivity contribution in [2.24, 2.45) is 0 Å². The Morgan fingerprint density at radius 2 is 1.00 bits per heavy atom. The SMILES string of the molecule is c1ccc(-c2nc(-c3ccccc3)nc(-c3cccc4c3ccc3oc5ccccc5c34)n2)cc1. The monoisotopic (exact) mass is 449 g/mol. The molecule has 0 atom stereocenters. The largest absolute Gasteiger partial charge is 0.456 e. The van der Waals surface area contributed by atoms with Gasteiger partial charge in [0.05, 0.1) is 0 Å². The van der Waals surface area contributed by atoms with Crippen LogP contribution >= 0.6 is 0 Å². The number of para-hydroxylation sites is 1. The van der Waals surface area contributed by atoms with Crippen LogP contribution in [0.3, 0.4) is 0 Å². The molecule has 7 aromatic rings. The average molecular weight is 450 g/mol. The second kappa shape index (κ2) is 7.89. The van der Waals surface area contributed by atoms with E-state index in [0.29, 0.717) is 17.5 Å². The lowest BCUT2D eigenvalue weighted by atomic mass is 9.99. The van der Waals surface area contributed by atoms with Gasteiger partial charge in [0.1, 0.15) is 11.2 Å². The molecule has 5 aromatic carbocycles. The number of rotatable bonds is 3. The molecule has 0 amide bonds. The predicted octanol–water partition coefficient (Wildman–Crippen LogP) is 7.93. The van der Waals surface area contributed by atoms with Gasteiger partial charge in [-0.2, -0.15) is 0 Å². The summed E-state index contributed by atoms with van der Waals surface area (Å²) < 4.78 is 6.12. The van der Waals surface area contributed by atoms with E-state index in [1.165, 1.54) is 0 Å². The van der Waals surface area contributed by atoms with Crippen molar-refractivity contribution in [2.75, 3.05) is 0 Å². The molecule has 4 nitrogen and oxygen atoms in total. The smallest absolute Gasteiger partial charge is 0.164 e. The van der Waals surface area contributed by atoms with E-state index in [2.05, 4.69) is 30.3 Å². The number of fused-ring (bicyclic) bond motifs is 5. The minimum atomic E-state index is 0.649. The van der Waals surface area contributed by atoms with Crippen molar-refractivity contribution in [1.82, 2.24) is 15.0 Å². The summed E-state index contributed by atoms with van der Waals surface area (Å²) in [5.74, 6) is 1.96. The van der Waals surface area contributed by atoms with Gasteiger partial charge in [0.15, 0.2) is 17.5 Å². The number of furan rings is 1. The molecule has 0 bridgehead atoms. The van der Waals surface area contributed by atoms with Crippen LogP contribution in [-0.4, -0.2) is 15.0 Å². The third-order valence-corrected chi connectivity index (χ3v) is 6.34. The van der Waals surface area contributed by atoms with E-state index in [1.807, 2.05) is 84.9 Å². The zero-order valence-corrected chi connectivity index (χ0v) is 18.7. The van der Waals surface area contributed by atoms with Gasteiger partial charge in [-0.15, -0.1) is 0 Å². The predicted molar refractivity (Wildman–Crippen MR) is 141 cm³/mol. The molecule has 0 saturated carbocycles. The first kappa shape index (κ1) is 19.6. The molecule has 0 saturated heterocycles. The zero-order chi connectivity index (χ0) is 23.2. The normalized spacial score (nSPS) is 11.4. The van der Waals surface area contributed by atoms with E-state index in [0.717, 1.165) is 49.4 Å². The Bertz CT molecular complexity index is 1780. The van der Waals surface area contributed by atoms with Crippen molar-refractivity contribution in [3.05, 3.63) is 115 Å². The fourth-order valence-electron chi connectivity index (χ4n) is 4.71. The molecule has 0 radical (unpaired) electrons. The highest BCUT2D eigenvalue weighted by Crippen LogP contribution is 2.38. The zero-order valence-electron chi connectivity index (χ0n) is 18.7. The summed E-state index contributed by atoms with van der Waals surface area (Å²) in [6.07, 6.45) is 0. The Hall–Kier alpha value is -4.83. The third-order valence-electron chi connectivity index (χ3n) is 6.34. The maximum absolute atomic E-state index is 6.12. The minimum absolute atomic E-state index is 0.649. The third kappa shape index (κ3) is 3.27.